The average Bonchev–Trinajstić information content (AvgIpc) is 2.96. The smallest absolute Gasteiger partial charge is 0.153 e. The van der Waals surface area contributed by atoms with Gasteiger partial charge in [0.25, 0.3) is 0 Å². The summed E-state index contributed by atoms with van der Waals surface area (Å²) in [7, 11) is -2.89. The van der Waals surface area contributed by atoms with Crippen molar-refractivity contribution >= 4 is 43.5 Å². The standard InChI is InChI=1S/C11H14N4O2S3/c1-7-6-18-10(13-7)8-9(12)14-19-11(8)15-2-4-20(16,17)5-3-15/h6H,2-5H2,1H3,(H2,12,14). The monoisotopic (exact) mass is 330 g/mol. The molecule has 2 aromatic rings. The van der Waals surface area contributed by atoms with Crippen molar-refractivity contribution in [2.24, 2.45) is 0 Å². The Bertz CT molecular complexity index is 721. The van der Waals surface area contributed by atoms with Crippen molar-refractivity contribution in [2.75, 3.05) is 35.2 Å². The summed E-state index contributed by atoms with van der Waals surface area (Å²) in [6, 6.07) is 0. The lowest BCUT2D eigenvalue weighted by atomic mass is 10.3. The van der Waals surface area contributed by atoms with Crippen LogP contribution in [-0.2, 0) is 9.84 Å². The average molecular weight is 330 g/mol. The van der Waals surface area contributed by atoms with Crippen LogP contribution in [0.1, 0.15) is 5.69 Å². The molecule has 0 amide bonds. The summed E-state index contributed by atoms with van der Waals surface area (Å²) < 4.78 is 27.2. The highest BCUT2D eigenvalue weighted by Crippen LogP contribution is 2.40. The van der Waals surface area contributed by atoms with Crippen LogP contribution in [0.15, 0.2) is 5.38 Å². The molecule has 1 aliphatic rings. The van der Waals surface area contributed by atoms with Crippen molar-refractivity contribution in [1.82, 2.24) is 9.36 Å². The van der Waals surface area contributed by atoms with Crippen molar-refractivity contribution < 1.29 is 8.42 Å². The van der Waals surface area contributed by atoms with Gasteiger partial charge in [-0.05, 0) is 18.5 Å². The van der Waals surface area contributed by atoms with E-state index in [1.54, 1.807) is 0 Å². The number of nitrogens with zero attached hydrogens (tertiary/aromatic N) is 3. The first-order chi connectivity index (χ1) is 9.46. The van der Waals surface area contributed by atoms with Crippen LogP contribution >= 0.6 is 22.9 Å². The summed E-state index contributed by atoms with van der Waals surface area (Å²) in [5.41, 5.74) is 7.75. The van der Waals surface area contributed by atoms with E-state index >= 15 is 0 Å². The van der Waals surface area contributed by atoms with Gasteiger partial charge in [-0.3, -0.25) is 0 Å². The first-order valence-corrected chi connectivity index (χ1v) is 9.57. The Hall–Kier alpha value is -1.19. The van der Waals surface area contributed by atoms with E-state index in [1.807, 2.05) is 17.2 Å². The number of hydrogen-bond acceptors (Lipinski definition) is 8. The van der Waals surface area contributed by atoms with E-state index in [0.29, 0.717) is 18.9 Å². The third kappa shape index (κ3) is 2.52. The Morgan fingerprint density at radius 1 is 1.35 bits per heavy atom. The number of sulfone groups is 1. The molecule has 1 saturated heterocycles. The maximum atomic E-state index is 11.5. The molecule has 0 spiro atoms. The second kappa shape index (κ2) is 4.97. The minimum Gasteiger partial charge on any atom is -0.382 e. The van der Waals surface area contributed by atoms with Crippen LogP contribution in [0.4, 0.5) is 10.8 Å². The maximum absolute atomic E-state index is 11.5. The summed E-state index contributed by atoms with van der Waals surface area (Å²) >= 11 is 2.84. The summed E-state index contributed by atoms with van der Waals surface area (Å²) in [4.78, 5) is 6.50. The lowest BCUT2D eigenvalue weighted by Crippen LogP contribution is -2.40. The molecule has 108 valence electrons. The van der Waals surface area contributed by atoms with Crippen LogP contribution in [0.3, 0.4) is 0 Å². The van der Waals surface area contributed by atoms with Gasteiger partial charge in [0.1, 0.15) is 15.8 Å². The molecule has 6 nitrogen and oxygen atoms in total. The minimum atomic E-state index is -2.89. The van der Waals surface area contributed by atoms with Crippen molar-refractivity contribution in [1.29, 1.82) is 0 Å². The van der Waals surface area contributed by atoms with Gasteiger partial charge in [-0.25, -0.2) is 13.4 Å². The molecule has 1 aliphatic heterocycles. The van der Waals surface area contributed by atoms with E-state index in [-0.39, 0.29) is 11.5 Å². The SMILES string of the molecule is Cc1csc(-c2c(N)nsc2N2CCS(=O)(=O)CC2)n1. The predicted octanol–water partition coefficient (Wildman–Crippen LogP) is 1.39. The van der Waals surface area contributed by atoms with E-state index in [1.165, 1.54) is 22.9 Å². The molecule has 3 rings (SSSR count). The van der Waals surface area contributed by atoms with Gasteiger partial charge in [0, 0.05) is 24.2 Å². The van der Waals surface area contributed by atoms with Crippen LogP contribution in [0, 0.1) is 6.92 Å². The highest BCUT2D eigenvalue weighted by atomic mass is 32.2. The molecule has 0 bridgehead atoms. The molecule has 0 saturated carbocycles. The topological polar surface area (TPSA) is 89.2 Å². The summed E-state index contributed by atoms with van der Waals surface area (Å²) in [5.74, 6) is 0.829. The van der Waals surface area contributed by atoms with Crippen LogP contribution in [-0.4, -0.2) is 42.4 Å². The fraction of sp³-hybridized carbons (Fsp3) is 0.455. The van der Waals surface area contributed by atoms with Crippen LogP contribution in [0.5, 0.6) is 0 Å². The molecule has 0 atom stereocenters. The zero-order valence-electron chi connectivity index (χ0n) is 10.9. The van der Waals surface area contributed by atoms with Crippen LogP contribution in [0.25, 0.3) is 10.6 Å². The van der Waals surface area contributed by atoms with E-state index in [2.05, 4.69) is 9.36 Å². The zero-order chi connectivity index (χ0) is 14.3. The van der Waals surface area contributed by atoms with Crippen LogP contribution in [0.2, 0.25) is 0 Å². The number of rotatable bonds is 2. The number of thiazole rings is 1. The second-order valence-electron chi connectivity index (χ2n) is 4.68. The van der Waals surface area contributed by atoms with E-state index in [9.17, 15) is 8.42 Å². The minimum absolute atomic E-state index is 0.182. The molecular formula is C11H14N4O2S3. The molecule has 3 heterocycles. The lowest BCUT2D eigenvalue weighted by molar-refractivity contribution is 0.587. The fourth-order valence-electron chi connectivity index (χ4n) is 2.09. The first kappa shape index (κ1) is 13.8. The molecule has 2 N–H and O–H groups in total. The molecule has 0 unspecified atom stereocenters. The number of nitrogens with two attached hydrogens (primary N) is 1. The molecular weight excluding hydrogens is 316 g/mol. The van der Waals surface area contributed by atoms with Gasteiger partial charge < -0.3 is 10.6 Å². The highest BCUT2D eigenvalue weighted by molar-refractivity contribution is 7.91. The normalized spacial score (nSPS) is 18.4. The lowest BCUT2D eigenvalue weighted by Gasteiger charge is -2.27. The Morgan fingerprint density at radius 3 is 2.65 bits per heavy atom. The van der Waals surface area contributed by atoms with Crippen molar-refractivity contribution in [3.63, 3.8) is 0 Å². The number of anilines is 2. The van der Waals surface area contributed by atoms with Gasteiger partial charge in [-0.1, -0.05) is 0 Å². The molecule has 20 heavy (non-hydrogen) atoms. The van der Waals surface area contributed by atoms with Gasteiger partial charge in [0.2, 0.25) is 0 Å². The quantitative estimate of drug-likeness (QED) is 0.895. The van der Waals surface area contributed by atoms with Crippen molar-refractivity contribution in [2.45, 2.75) is 6.92 Å². The number of aromatic nitrogens is 2. The van der Waals surface area contributed by atoms with Gasteiger partial charge in [0.15, 0.2) is 9.84 Å². The van der Waals surface area contributed by atoms with Gasteiger partial charge >= 0.3 is 0 Å². The Morgan fingerprint density at radius 2 is 2.05 bits per heavy atom. The molecule has 9 heteroatoms. The predicted molar refractivity (Wildman–Crippen MR) is 83.2 cm³/mol. The number of nitrogen functional groups attached to an aromatic ring is 1. The third-order valence-electron chi connectivity index (χ3n) is 3.16. The maximum Gasteiger partial charge on any atom is 0.153 e. The van der Waals surface area contributed by atoms with E-state index in [4.69, 9.17) is 5.73 Å². The Labute approximate surface area is 125 Å². The molecule has 1 fully saturated rings. The second-order valence-corrected chi connectivity index (χ2v) is 8.59. The molecule has 2 aromatic heterocycles. The first-order valence-electron chi connectivity index (χ1n) is 6.09. The summed E-state index contributed by atoms with van der Waals surface area (Å²) in [6.07, 6.45) is 0. The van der Waals surface area contributed by atoms with Crippen molar-refractivity contribution in [3.05, 3.63) is 11.1 Å². The zero-order valence-corrected chi connectivity index (χ0v) is 13.3. The van der Waals surface area contributed by atoms with E-state index < -0.39 is 9.84 Å². The third-order valence-corrected chi connectivity index (χ3v) is 6.68. The highest BCUT2D eigenvalue weighted by Gasteiger charge is 2.27. The number of hydrogen-bond donors (Lipinski definition) is 1. The largest absolute Gasteiger partial charge is 0.382 e. The fourth-order valence-corrected chi connectivity index (χ4v) is 5.08. The Kier molecular flexibility index (Phi) is 3.43. The molecule has 0 radical (unpaired) electrons. The summed E-state index contributed by atoms with van der Waals surface area (Å²) in [6.45, 7) is 2.91. The van der Waals surface area contributed by atoms with Gasteiger partial charge in [0.05, 0.1) is 17.1 Å². The molecule has 0 aromatic carbocycles. The number of aryl methyl sites for hydroxylation is 1. The van der Waals surface area contributed by atoms with Gasteiger partial charge in [-0.15, -0.1) is 11.3 Å². The van der Waals surface area contributed by atoms with E-state index in [0.717, 1.165) is 21.3 Å². The van der Waals surface area contributed by atoms with Crippen molar-refractivity contribution in [3.8, 4) is 10.6 Å². The van der Waals surface area contributed by atoms with Gasteiger partial charge in [-0.2, -0.15) is 4.37 Å². The summed E-state index contributed by atoms with van der Waals surface area (Å²) in [5, 5.41) is 3.74. The molecule has 0 aliphatic carbocycles. The Balaban J connectivity index is 1.96. The van der Waals surface area contributed by atoms with Crippen LogP contribution < -0.4 is 10.6 Å².